The number of thiazole rings is 1. The van der Waals surface area contributed by atoms with E-state index in [9.17, 15) is 14.9 Å². The van der Waals surface area contributed by atoms with Gasteiger partial charge in [-0.15, -0.1) is 23.1 Å². The van der Waals surface area contributed by atoms with Crippen molar-refractivity contribution in [3.63, 3.8) is 0 Å². The lowest BCUT2D eigenvalue weighted by Gasteiger charge is -2.09. The quantitative estimate of drug-likeness (QED) is 0.345. The van der Waals surface area contributed by atoms with Gasteiger partial charge < -0.3 is 4.74 Å². The Morgan fingerprint density at radius 3 is 2.71 bits per heavy atom. The highest BCUT2D eigenvalue weighted by molar-refractivity contribution is 7.98. The van der Waals surface area contributed by atoms with Crippen LogP contribution in [0.5, 0.6) is 5.75 Å². The number of carbonyl (C=O) groups is 1. The summed E-state index contributed by atoms with van der Waals surface area (Å²) in [5, 5.41) is 16.3. The number of thioether (sulfide) groups is 1. The fourth-order valence-corrected chi connectivity index (χ4v) is 3.97. The van der Waals surface area contributed by atoms with E-state index in [0.29, 0.717) is 15.8 Å². The monoisotopic (exact) mass is 415 g/mol. The highest BCUT2D eigenvalue weighted by atomic mass is 32.2. The number of nitrogens with zero attached hydrogens (tertiary/aromatic N) is 2. The second-order valence-corrected chi connectivity index (χ2v) is 7.49. The van der Waals surface area contributed by atoms with Crippen LogP contribution in [0, 0.1) is 17.0 Å². The summed E-state index contributed by atoms with van der Waals surface area (Å²) in [6.07, 6.45) is 1.81. The van der Waals surface area contributed by atoms with E-state index in [0.717, 1.165) is 16.8 Å². The molecule has 0 aliphatic carbocycles. The summed E-state index contributed by atoms with van der Waals surface area (Å²) in [7, 11) is 1.43. The maximum atomic E-state index is 12.7. The van der Waals surface area contributed by atoms with Gasteiger partial charge in [0.25, 0.3) is 11.6 Å². The average Bonchev–Trinajstić information content (AvgIpc) is 3.15. The summed E-state index contributed by atoms with van der Waals surface area (Å²) in [5.74, 6) is -0.234. The zero-order valence-electron chi connectivity index (χ0n) is 15.4. The largest absolute Gasteiger partial charge is 0.495 e. The molecule has 3 rings (SSSR count). The van der Waals surface area contributed by atoms with E-state index < -0.39 is 10.8 Å². The third kappa shape index (κ3) is 4.00. The van der Waals surface area contributed by atoms with Crippen LogP contribution < -0.4 is 10.1 Å². The Labute approximate surface area is 169 Å². The van der Waals surface area contributed by atoms with E-state index >= 15 is 0 Å². The molecular weight excluding hydrogens is 398 g/mol. The molecular formula is C19H17N3O4S2. The Morgan fingerprint density at radius 2 is 2.07 bits per heavy atom. The number of benzene rings is 2. The maximum Gasteiger partial charge on any atom is 0.285 e. The van der Waals surface area contributed by atoms with Gasteiger partial charge in [0.15, 0.2) is 5.13 Å². The van der Waals surface area contributed by atoms with E-state index in [4.69, 9.17) is 4.74 Å². The van der Waals surface area contributed by atoms with Crippen LogP contribution in [-0.4, -0.2) is 29.2 Å². The molecule has 3 aromatic rings. The molecule has 0 unspecified atom stereocenters. The first-order chi connectivity index (χ1) is 13.4. The van der Waals surface area contributed by atoms with Crippen molar-refractivity contribution in [3.05, 3.63) is 63.0 Å². The normalized spacial score (nSPS) is 10.5. The van der Waals surface area contributed by atoms with E-state index in [1.165, 1.54) is 42.3 Å². The summed E-state index contributed by atoms with van der Waals surface area (Å²) in [4.78, 5) is 28.6. The summed E-state index contributed by atoms with van der Waals surface area (Å²) in [6.45, 7) is 1.98. The van der Waals surface area contributed by atoms with Crippen LogP contribution >= 0.6 is 23.1 Å². The number of hydrogen-bond donors (Lipinski definition) is 1. The van der Waals surface area contributed by atoms with Gasteiger partial charge in [-0.3, -0.25) is 20.2 Å². The number of nitro benzene ring substituents is 1. The first-order valence-electron chi connectivity index (χ1n) is 8.18. The van der Waals surface area contributed by atoms with Crippen molar-refractivity contribution in [3.8, 4) is 17.0 Å². The number of amides is 1. The number of anilines is 1. The summed E-state index contributed by atoms with van der Waals surface area (Å²) in [6, 6.07) is 10.5. The lowest BCUT2D eigenvalue weighted by molar-refractivity contribution is -0.385. The molecule has 2 aromatic carbocycles. The van der Waals surface area contributed by atoms with Crippen LogP contribution in [0.4, 0.5) is 10.8 Å². The standard InChI is InChI=1S/C19H17N3O4S2/c1-11-6-4-5-7-12(11)14-10-28-19(20-14)21-18(23)13-8-17(27-3)16(26-2)9-15(13)22(24)25/h4-10H,1-3H3,(H,20,21,23). The molecule has 0 saturated carbocycles. The van der Waals surface area contributed by atoms with Gasteiger partial charge >= 0.3 is 0 Å². The van der Waals surface area contributed by atoms with Crippen LogP contribution in [-0.2, 0) is 0 Å². The van der Waals surface area contributed by atoms with E-state index in [2.05, 4.69) is 10.3 Å². The van der Waals surface area contributed by atoms with Gasteiger partial charge in [0, 0.05) is 10.9 Å². The van der Waals surface area contributed by atoms with E-state index in [1.807, 2.05) is 36.6 Å². The smallest absolute Gasteiger partial charge is 0.285 e. The third-order valence-electron chi connectivity index (χ3n) is 4.09. The molecule has 1 aromatic heterocycles. The van der Waals surface area contributed by atoms with E-state index in [-0.39, 0.29) is 11.3 Å². The SMILES string of the molecule is COc1cc([N+](=O)[O-])c(C(=O)Nc2nc(-c3ccccc3C)cs2)cc1SC. The van der Waals surface area contributed by atoms with Crippen LogP contribution in [0.2, 0.25) is 0 Å². The fraction of sp³-hybridized carbons (Fsp3) is 0.158. The Bertz CT molecular complexity index is 1050. The predicted octanol–water partition coefficient (Wildman–Crippen LogP) is 5.01. The number of nitrogens with one attached hydrogen (secondary N) is 1. The van der Waals surface area contributed by atoms with Crippen molar-refractivity contribution < 1.29 is 14.5 Å². The fourth-order valence-electron chi connectivity index (χ4n) is 2.68. The highest BCUT2D eigenvalue weighted by Crippen LogP contribution is 2.35. The zero-order valence-corrected chi connectivity index (χ0v) is 17.0. The molecule has 0 saturated heterocycles. The van der Waals surface area contributed by atoms with Gasteiger partial charge in [0.2, 0.25) is 0 Å². The molecule has 0 atom stereocenters. The van der Waals surface area contributed by atoms with Crippen molar-refractivity contribution in [2.24, 2.45) is 0 Å². The van der Waals surface area contributed by atoms with Crippen molar-refractivity contribution in [1.82, 2.24) is 4.98 Å². The minimum absolute atomic E-state index is 0.0391. The van der Waals surface area contributed by atoms with Crippen molar-refractivity contribution in [1.29, 1.82) is 0 Å². The number of ether oxygens (including phenoxy) is 1. The molecule has 0 bridgehead atoms. The lowest BCUT2D eigenvalue weighted by atomic mass is 10.1. The molecule has 28 heavy (non-hydrogen) atoms. The second-order valence-electron chi connectivity index (χ2n) is 5.79. The average molecular weight is 415 g/mol. The van der Waals surface area contributed by atoms with Crippen molar-refractivity contribution in [2.75, 3.05) is 18.7 Å². The van der Waals surface area contributed by atoms with Gasteiger partial charge in [-0.1, -0.05) is 24.3 Å². The Kier molecular flexibility index (Phi) is 5.96. The molecule has 0 radical (unpaired) electrons. The van der Waals surface area contributed by atoms with Gasteiger partial charge in [-0.25, -0.2) is 4.98 Å². The first-order valence-corrected chi connectivity index (χ1v) is 10.3. The summed E-state index contributed by atoms with van der Waals surface area (Å²) >= 11 is 2.61. The minimum Gasteiger partial charge on any atom is -0.495 e. The Balaban J connectivity index is 1.91. The van der Waals surface area contributed by atoms with Crippen LogP contribution in [0.3, 0.4) is 0 Å². The number of aromatic nitrogens is 1. The number of methoxy groups -OCH3 is 1. The molecule has 1 heterocycles. The maximum absolute atomic E-state index is 12.7. The van der Waals surface area contributed by atoms with Crippen LogP contribution in [0.25, 0.3) is 11.3 Å². The predicted molar refractivity (Wildman–Crippen MR) is 112 cm³/mol. The molecule has 0 aliphatic heterocycles. The summed E-state index contributed by atoms with van der Waals surface area (Å²) in [5.41, 5.74) is 2.43. The summed E-state index contributed by atoms with van der Waals surface area (Å²) < 4.78 is 5.18. The van der Waals surface area contributed by atoms with Crippen LogP contribution in [0.15, 0.2) is 46.7 Å². The lowest BCUT2D eigenvalue weighted by Crippen LogP contribution is -2.14. The second kappa shape index (κ2) is 8.41. The van der Waals surface area contributed by atoms with Gasteiger partial charge in [-0.05, 0) is 24.8 Å². The zero-order chi connectivity index (χ0) is 20.3. The molecule has 144 valence electrons. The molecule has 1 amide bonds. The minimum atomic E-state index is -0.595. The van der Waals surface area contributed by atoms with E-state index in [1.54, 1.807) is 6.26 Å². The first kappa shape index (κ1) is 19.8. The van der Waals surface area contributed by atoms with Gasteiger partial charge in [-0.2, -0.15) is 0 Å². The number of aryl methyl sites for hydroxylation is 1. The van der Waals surface area contributed by atoms with Crippen LogP contribution in [0.1, 0.15) is 15.9 Å². The van der Waals surface area contributed by atoms with Crippen molar-refractivity contribution >= 4 is 39.8 Å². The highest BCUT2D eigenvalue weighted by Gasteiger charge is 2.24. The number of carbonyl (C=O) groups excluding carboxylic acids is 1. The molecule has 1 N–H and O–H groups in total. The molecule has 7 nitrogen and oxygen atoms in total. The Morgan fingerprint density at radius 1 is 1.32 bits per heavy atom. The molecule has 0 fully saturated rings. The number of hydrogen-bond acceptors (Lipinski definition) is 7. The topological polar surface area (TPSA) is 94.4 Å². The molecule has 9 heteroatoms. The molecule has 0 aliphatic rings. The Hall–Kier alpha value is -2.91. The third-order valence-corrected chi connectivity index (χ3v) is 5.61. The number of nitro groups is 1. The number of rotatable bonds is 6. The van der Waals surface area contributed by atoms with Gasteiger partial charge in [0.1, 0.15) is 11.3 Å². The van der Waals surface area contributed by atoms with Gasteiger partial charge in [0.05, 0.1) is 28.7 Å². The molecule has 0 spiro atoms. The van der Waals surface area contributed by atoms with Crippen molar-refractivity contribution in [2.45, 2.75) is 11.8 Å².